The molecule has 0 aliphatic heterocycles. The van der Waals surface area contributed by atoms with Gasteiger partial charge in [0.2, 0.25) is 0 Å². The second-order valence-electron chi connectivity index (χ2n) is 4.89. The summed E-state index contributed by atoms with van der Waals surface area (Å²) in [5.41, 5.74) is 7.56. The molecular weight excluding hydrogens is 230 g/mol. The highest BCUT2D eigenvalue weighted by molar-refractivity contribution is 5.50. The van der Waals surface area contributed by atoms with Gasteiger partial charge in [0, 0.05) is 11.4 Å². The molecule has 1 unspecified atom stereocenters. The van der Waals surface area contributed by atoms with Crippen LogP contribution in [0.15, 0.2) is 66.6 Å². The fourth-order valence-corrected chi connectivity index (χ4v) is 1.82. The second-order valence-corrected chi connectivity index (χ2v) is 4.89. The molecule has 0 saturated heterocycles. The first-order chi connectivity index (χ1) is 9.06. The first-order valence-corrected chi connectivity index (χ1v) is 6.58. The van der Waals surface area contributed by atoms with Gasteiger partial charge in [0.05, 0.1) is 0 Å². The third-order valence-electron chi connectivity index (χ3n) is 3.14. The van der Waals surface area contributed by atoms with Crippen LogP contribution in [0, 0.1) is 5.92 Å². The molecule has 1 atom stereocenters. The molecule has 0 aliphatic rings. The van der Waals surface area contributed by atoms with Crippen molar-refractivity contribution < 1.29 is 0 Å². The van der Waals surface area contributed by atoms with Gasteiger partial charge in [0.25, 0.3) is 0 Å². The minimum Gasteiger partial charge on any atom is -0.359 e. The summed E-state index contributed by atoms with van der Waals surface area (Å²) in [6.07, 6.45) is 4.88. The van der Waals surface area contributed by atoms with Crippen molar-refractivity contribution in [1.29, 1.82) is 0 Å². The first kappa shape index (κ1) is 15.1. The van der Waals surface area contributed by atoms with E-state index >= 15 is 0 Å². The van der Waals surface area contributed by atoms with Gasteiger partial charge in [0.1, 0.15) is 0 Å². The Morgan fingerprint density at radius 2 is 1.95 bits per heavy atom. The Kier molecular flexibility index (Phi) is 5.92. The standard InChI is InChI=1S/C18H23N/c1-6-8-14(3)13-17-9-11-18(12-10-17)19-16(5)15(4)7-2/h7-12,14,19H,1-2,13H2,3-5H3/b16-15-. The fraction of sp³-hybridized carbons (Fsp3) is 0.278. The second kappa shape index (κ2) is 7.45. The molecule has 0 aromatic heterocycles. The van der Waals surface area contributed by atoms with E-state index in [0.29, 0.717) is 5.92 Å². The predicted molar refractivity (Wildman–Crippen MR) is 85.2 cm³/mol. The van der Waals surface area contributed by atoms with Crippen LogP contribution in [0.1, 0.15) is 26.3 Å². The Hall–Kier alpha value is -1.98. The maximum absolute atomic E-state index is 3.78. The Balaban J connectivity index is 2.72. The highest BCUT2D eigenvalue weighted by atomic mass is 14.9. The maximum atomic E-state index is 3.78. The van der Waals surface area contributed by atoms with Crippen LogP contribution >= 0.6 is 0 Å². The van der Waals surface area contributed by atoms with Gasteiger partial charge < -0.3 is 5.32 Å². The van der Waals surface area contributed by atoms with Gasteiger partial charge in [-0.25, -0.2) is 0 Å². The Bertz CT molecular complexity index is 499. The van der Waals surface area contributed by atoms with Gasteiger partial charge in [-0.15, -0.1) is 5.73 Å². The summed E-state index contributed by atoms with van der Waals surface area (Å²) < 4.78 is 0. The van der Waals surface area contributed by atoms with Crippen molar-refractivity contribution in [3.8, 4) is 0 Å². The number of benzene rings is 1. The van der Waals surface area contributed by atoms with Crippen LogP contribution in [-0.2, 0) is 6.42 Å². The molecule has 0 fully saturated rings. The van der Waals surface area contributed by atoms with Crippen molar-refractivity contribution in [3.05, 3.63) is 72.1 Å². The van der Waals surface area contributed by atoms with E-state index in [1.165, 1.54) is 5.56 Å². The van der Waals surface area contributed by atoms with Crippen LogP contribution in [-0.4, -0.2) is 0 Å². The summed E-state index contributed by atoms with van der Waals surface area (Å²) >= 11 is 0. The summed E-state index contributed by atoms with van der Waals surface area (Å²) in [5.74, 6) is 0.473. The van der Waals surface area contributed by atoms with Crippen LogP contribution in [0.2, 0.25) is 0 Å². The summed E-state index contributed by atoms with van der Waals surface area (Å²) in [7, 11) is 0. The van der Waals surface area contributed by atoms with Gasteiger partial charge in [-0.1, -0.05) is 38.3 Å². The number of hydrogen-bond acceptors (Lipinski definition) is 1. The topological polar surface area (TPSA) is 12.0 Å². The zero-order valence-corrected chi connectivity index (χ0v) is 12.2. The molecule has 1 aromatic rings. The van der Waals surface area contributed by atoms with Crippen LogP contribution in [0.4, 0.5) is 5.69 Å². The summed E-state index contributed by atoms with van der Waals surface area (Å²) in [4.78, 5) is 0. The molecule has 1 nitrogen and oxygen atoms in total. The fourth-order valence-electron chi connectivity index (χ4n) is 1.82. The molecule has 1 N–H and O–H groups in total. The third-order valence-corrected chi connectivity index (χ3v) is 3.14. The molecule has 1 heteroatoms. The smallest absolute Gasteiger partial charge is 0.0381 e. The van der Waals surface area contributed by atoms with Crippen LogP contribution in [0.3, 0.4) is 0 Å². The first-order valence-electron chi connectivity index (χ1n) is 6.58. The maximum Gasteiger partial charge on any atom is 0.0381 e. The van der Waals surface area contributed by atoms with E-state index in [4.69, 9.17) is 0 Å². The van der Waals surface area contributed by atoms with Crippen LogP contribution in [0.25, 0.3) is 0 Å². The van der Waals surface area contributed by atoms with Crippen molar-refractivity contribution >= 4 is 5.69 Å². The minimum absolute atomic E-state index is 0.473. The number of anilines is 1. The monoisotopic (exact) mass is 253 g/mol. The SMILES string of the molecule is C=C=CC(C)Cc1ccc(N/C(C)=C(/C)C=C)cc1. The molecule has 19 heavy (non-hydrogen) atoms. The molecule has 1 aromatic carbocycles. The predicted octanol–water partition coefficient (Wildman–Crippen LogP) is 5.10. The number of allylic oxidation sites excluding steroid dienone is 4. The molecule has 0 heterocycles. The van der Waals surface area contributed by atoms with Crippen molar-refractivity contribution in [2.24, 2.45) is 5.92 Å². The van der Waals surface area contributed by atoms with Gasteiger partial charge in [0.15, 0.2) is 0 Å². The molecule has 0 saturated carbocycles. The van der Waals surface area contributed by atoms with E-state index in [1.54, 1.807) is 0 Å². The van der Waals surface area contributed by atoms with Crippen molar-refractivity contribution in [2.75, 3.05) is 5.32 Å². The molecule has 0 aliphatic carbocycles. The van der Waals surface area contributed by atoms with Crippen LogP contribution in [0.5, 0.6) is 0 Å². The molecule has 0 amide bonds. The zero-order chi connectivity index (χ0) is 14.3. The lowest BCUT2D eigenvalue weighted by Gasteiger charge is -2.10. The summed E-state index contributed by atoms with van der Waals surface area (Å²) in [6, 6.07) is 8.54. The molecule has 100 valence electrons. The van der Waals surface area contributed by atoms with Gasteiger partial charge >= 0.3 is 0 Å². The molecular formula is C18H23N. The number of rotatable bonds is 6. The molecule has 0 radical (unpaired) electrons. The van der Waals surface area contributed by atoms with Crippen molar-refractivity contribution in [1.82, 2.24) is 0 Å². The average molecular weight is 253 g/mol. The lowest BCUT2D eigenvalue weighted by atomic mass is 10.0. The lowest BCUT2D eigenvalue weighted by molar-refractivity contribution is 0.725. The Morgan fingerprint density at radius 1 is 1.32 bits per heavy atom. The molecule has 0 bridgehead atoms. The quantitative estimate of drug-likeness (QED) is 0.549. The largest absolute Gasteiger partial charge is 0.359 e. The zero-order valence-electron chi connectivity index (χ0n) is 12.2. The highest BCUT2D eigenvalue weighted by Crippen LogP contribution is 2.16. The number of nitrogens with one attached hydrogen (secondary N) is 1. The summed E-state index contributed by atoms with van der Waals surface area (Å²) in [6.45, 7) is 13.7. The van der Waals surface area contributed by atoms with E-state index in [-0.39, 0.29) is 0 Å². The third kappa shape index (κ3) is 5.03. The van der Waals surface area contributed by atoms with Crippen molar-refractivity contribution in [3.63, 3.8) is 0 Å². The van der Waals surface area contributed by atoms with Gasteiger partial charge in [-0.2, -0.15) is 0 Å². The number of hydrogen-bond donors (Lipinski definition) is 1. The normalized spacial score (nSPS) is 13.0. The minimum atomic E-state index is 0.473. The molecule has 0 spiro atoms. The van der Waals surface area contributed by atoms with E-state index < -0.39 is 0 Å². The van der Waals surface area contributed by atoms with E-state index in [9.17, 15) is 0 Å². The van der Waals surface area contributed by atoms with Gasteiger partial charge in [-0.05, 0) is 55.5 Å². The molecule has 1 rings (SSSR count). The Morgan fingerprint density at radius 3 is 2.47 bits per heavy atom. The van der Waals surface area contributed by atoms with Crippen molar-refractivity contribution in [2.45, 2.75) is 27.2 Å². The highest BCUT2D eigenvalue weighted by Gasteiger charge is 2.00. The average Bonchev–Trinajstić information content (AvgIpc) is 2.40. The Labute approximate surface area is 117 Å². The van der Waals surface area contributed by atoms with Gasteiger partial charge in [-0.3, -0.25) is 0 Å². The summed E-state index contributed by atoms with van der Waals surface area (Å²) in [5, 5.41) is 3.38. The lowest BCUT2D eigenvalue weighted by Crippen LogP contribution is -1.99. The van der Waals surface area contributed by atoms with Crippen LogP contribution < -0.4 is 5.32 Å². The van der Waals surface area contributed by atoms with E-state index in [0.717, 1.165) is 23.4 Å². The van der Waals surface area contributed by atoms with E-state index in [1.807, 2.05) is 19.1 Å². The van der Waals surface area contributed by atoms with E-state index in [2.05, 4.69) is 62.3 Å².